The van der Waals surface area contributed by atoms with Crippen molar-refractivity contribution in [3.8, 4) is 12.3 Å². The van der Waals surface area contributed by atoms with Crippen LogP contribution < -0.4 is 10.6 Å². The highest BCUT2D eigenvalue weighted by molar-refractivity contribution is 14.0. The van der Waals surface area contributed by atoms with E-state index in [-0.39, 0.29) is 29.8 Å². The predicted octanol–water partition coefficient (Wildman–Crippen LogP) is 2.84. The van der Waals surface area contributed by atoms with Crippen molar-refractivity contribution in [2.75, 3.05) is 32.7 Å². The number of likely N-dealkylation sites (tertiary alicyclic amines) is 1. The molecule has 1 aliphatic heterocycles. The number of nitrogens with zero attached hydrogens (tertiary/aromatic N) is 2. The molecule has 0 spiro atoms. The molecule has 2 rings (SSSR count). The van der Waals surface area contributed by atoms with E-state index in [2.05, 4.69) is 26.4 Å². The second-order valence-corrected chi connectivity index (χ2v) is 6.09. The fourth-order valence-electron chi connectivity index (χ4n) is 2.89. The summed E-state index contributed by atoms with van der Waals surface area (Å²) in [6.07, 6.45) is 7.45. The zero-order valence-electron chi connectivity index (χ0n) is 14.8. The van der Waals surface area contributed by atoms with Crippen LogP contribution in [-0.4, -0.2) is 43.6 Å². The fourth-order valence-corrected chi connectivity index (χ4v) is 2.89. The molecule has 0 aromatic heterocycles. The molecule has 0 bridgehead atoms. The molecule has 4 nitrogen and oxygen atoms in total. The number of benzene rings is 1. The summed E-state index contributed by atoms with van der Waals surface area (Å²) in [5.41, 5.74) is 0.780. The van der Waals surface area contributed by atoms with E-state index in [0.717, 1.165) is 50.5 Å². The quantitative estimate of drug-likeness (QED) is 0.298. The first kappa shape index (κ1) is 21.7. The van der Waals surface area contributed by atoms with Gasteiger partial charge in [-0.25, -0.2) is 4.39 Å². The number of hydrogen-bond donors (Lipinski definition) is 2. The standard InChI is InChI=1S/C19H27FN4.HI/c1-3-11-22-19(21-4-2)23-14-16-9-12-24(13-10-16)15-17-7-5-6-8-18(17)20;/h1,5-8,16H,4,9-15H2,2H3,(H2,21,22,23);1H. The van der Waals surface area contributed by atoms with Crippen LogP contribution in [0.15, 0.2) is 29.3 Å². The zero-order valence-corrected chi connectivity index (χ0v) is 17.1. The lowest BCUT2D eigenvalue weighted by atomic mass is 9.96. The van der Waals surface area contributed by atoms with Gasteiger partial charge in [0.15, 0.2) is 5.96 Å². The monoisotopic (exact) mass is 458 g/mol. The minimum atomic E-state index is -0.112. The van der Waals surface area contributed by atoms with Gasteiger partial charge in [-0.2, -0.15) is 0 Å². The summed E-state index contributed by atoms with van der Waals surface area (Å²) in [6.45, 7) is 6.80. The molecule has 2 N–H and O–H groups in total. The molecule has 1 aromatic rings. The van der Waals surface area contributed by atoms with E-state index in [9.17, 15) is 4.39 Å². The number of hydrogen-bond acceptors (Lipinski definition) is 2. The van der Waals surface area contributed by atoms with Crippen LogP contribution in [0.25, 0.3) is 0 Å². The summed E-state index contributed by atoms with van der Waals surface area (Å²) >= 11 is 0. The largest absolute Gasteiger partial charge is 0.357 e. The van der Waals surface area contributed by atoms with Gasteiger partial charge in [0.1, 0.15) is 5.82 Å². The smallest absolute Gasteiger partial charge is 0.192 e. The Morgan fingerprint density at radius 1 is 1.32 bits per heavy atom. The highest BCUT2D eigenvalue weighted by Gasteiger charge is 2.19. The average Bonchev–Trinajstić information content (AvgIpc) is 2.60. The van der Waals surface area contributed by atoms with Gasteiger partial charge in [0, 0.05) is 25.2 Å². The van der Waals surface area contributed by atoms with Crippen LogP contribution in [-0.2, 0) is 6.54 Å². The molecule has 1 saturated heterocycles. The van der Waals surface area contributed by atoms with E-state index >= 15 is 0 Å². The highest BCUT2D eigenvalue weighted by atomic mass is 127. The summed E-state index contributed by atoms with van der Waals surface area (Å²) in [5, 5.41) is 6.30. The molecule has 0 saturated carbocycles. The first-order chi connectivity index (χ1) is 11.7. The van der Waals surface area contributed by atoms with Crippen molar-refractivity contribution in [1.29, 1.82) is 0 Å². The topological polar surface area (TPSA) is 39.7 Å². The van der Waals surface area contributed by atoms with Crippen LogP contribution in [0.1, 0.15) is 25.3 Å². The minimum Gasteiger partial charge on any atom is -0.357 e. The van der Waals surface area contributed by atoms with Crippen molar-refractivity contribution < 1.29 is 4.39 Å². The van der Waals surface area contributed by atoms with Crippen molar-refractivity contribution in [1.82, 2.24) is 15.5 Å². The number of piperidine rings is 1. The van der Waals surface area contributed by atoms with E-state index in [1.54, 1.807) is 6.07 Å². The third-order valence-electron chi connectivity index (χ3n) is 4.27. The second kappa shape index (κ2) is 12.1. The molecule has 1 heterocycles. The van der Waals surface area contributed by atoms with Crippen LogP contribution in [0.5, 0.6) is 0 Å². The third-order valence-corrected chi connectivity index (χ3v) is 4.27. The Hall–Kier alpha value is -1.33. The SMILES string of the molecule is C#CCNC(=NCC1CCN(Cc2ccccc2F)CC1)NCC.I. The summed E-state index contributed by atoms with van der Waals surface area (Å²) in [6, 6.07) is 7.03. The predicted molar refractivity (Wildman–Crippen MR) is 113 cm³/mol. The number of aliphatic imine (C=N–C) groups is 1. The fraction of sp³-hybridized carbons (Fsp3) is 0.526. The van der Waals surface area contributed by atoms with Gasteiger partial charge in [-0.1, -0.05) is 24.1 Å². The van der Waals surface area contributed by atoms with Crippen LogP contribution in [0.4, 0.5) is 4.39 Å². The van der Waals surface area contributed by atoms with Crippen molar-refractivity contribution >= 4 is 29.9 Å². The molecule has 1 aliphatic rings. The molecular weight excluding hydrogens is 430 g/mol. The first-order valence-electron chi connectivity index (χ1n) is 8.64. The van der Waals surface area contributed by atoms with E-state index < -0.39 is 0 Å². The van der Waals surface area contributed by atoms with Crippen LogP contribution in [0, 0.1) is 24.1 Å². The maximum absolute atomic E-state index is 13.7. The average molecular weight is 458 g/mol. The van der Waals surface area contributed by atoms with Gasteiger partial charge in [0.2, 0.25) is 0 Å². The third kappa shape index (κ3) is 7.61. The van der Waals surface area contributed by atoms with Crippen molar-refractivity contribution in [2.24, 2.45) is 10.9 Å². The molecule has 0 unspecified atom stereocenters. The highest BCUT2D eigenvalue weighted by Crippen LogP contribution is 2.20. The number of guanidine groups is 1. The van der Waals surface area contributed by atoms with E-state index in [1.165, 1.54) is 6.07 Å². The first-order valence-corrected chi connectivity index (χ1v) is 8.64. The van der Waals surface area contributed by atoms with Crippen molar-refractivity contribution in [3.05, 3.63) is 35.6 Å². The number of rotatable bonds is 6. The Balaban J connectivity index is 0.00000312. The van der Waals surface area contributed by atoms with E-state index in [0.29, 0.717) is 19.0 Å². The molecule has 1 fully saturated rings. The van der Waals surface area contributed by atoms with Gasteiger partial charge >= 0.3 is 0 Å². The van der Waals surface area contributed by atoms with Crippen LogP contribution in [0.2, 0.25) is 0 Å². The van der Waals surface area contributed by atoms with Gasteiger partial charge in [-0.3, -0.25) is 9.89 Å². The Morgan fingerprint density at radius 2 is 2.04 bits per heavy atom. The molecule has 138 valence electrons. The summed E-state index contributed by atoms with van der Waals surface area (Å²) in [5.74, 6) is 3.80. The summed E-state index contributed by atoms with van der Waals surface area (Å²) in [4.78, 5) is 6.94. The van der Waals surface area contributed by atoms with Gasteiger partial charge in [0.05, 0.1) is 6.54 Å². The lowest BCUT2D eigenvalue weighted by molar-refractivity contribution is 0.179. The van der Waals surface area contributed by atoms with Gasteiger partial charge in [-0.05, 0) is 44.8 Å². The van der Waals surface area contributed by atoms with E-state index in [4.69, 9.17) is 6.42 Å². The molecule has 0 atom stereocenters. The normalized spacial score (nSPS) is 16.0. The van der Waals surface area contributed by atoms with Crippen LogP contribution >= 0.6 is 24.0 Å². The lowest BCUT2D eigenvalue weighted by Gasteiger charge is -2.31. The second-order valence-electron chi connectivity index (χ2n) is 6.09. The molecule has 6 heteroatoms. The Bertz CT molecular complexity index is 577. The summed E-state index contributed by atoms with van der Waals surface area (Å²) < 4.78 is 13.7. The van der Waals surface area contributed by atoms with Gasteiger partial charge in [0.25, 0.3) is 0 Å². The Morgan fingerprint density at radius 3 is 2.68 bits per heavy atom. The molecule has 1 aromatic carbocycles. The van der Waals surface area contributed by atoms with Crippen molar-refractivity contribution in [3.63, 3.8) is 0 Å². The molecular formula is C19H28FIN4. The minimum absolute atomic E-state index is 0. The Kier molecular flexibility index (Phi) is 10.5. The van der Waals surface area contributed by atoms with Gasteiger partial charge < -0.3 is 10.6 Å². The summed E-state index contributed by atoms with van der Waals surface area (Å²) in [7, 11) is 0. The van der Waals surface area contributed by atoms with Crippen molar-refractivity contribution in [2.45, 2.75) is 26.3 Å². The molecule has 0 radical (unpaired) electrons. The lowest BCUT2D eigenvalue weighted by Crippen LogP contribution is -2.38. The molecule has 25 heavy (non-hydrogen) atoms. The Labute approximate surface area is 167 Å². The number of halogens is 2. The maximum Gasteiger partial charge on any atom is 0.192 e. The molecule has 0 amide bonds. The van der Waals surface area contributed by atoms with E-state index in [1.807, 2.05) is 19.1 Å². The number of terminal acetylenes is 1. The van der Waals surface area contributed by atoms with Crippen LogP contribution in [0.3, 0.4) is 0 Å². The maximum atomic E-state index is 13.7. The zero-order chi connectivity index (χ0) is 17.2. The molecule has 0 aliphatic carbocycles. The number of nitrogens with one attached hydrogen (secondary N) is 2. The van der Waals surface area contributed by atoms with Gasteiger partial charge in [-0.15, -0.1) is 30.4 Å².